The minimum atomic E-state index is -1.06. The number of rotatable bonds is 8. The van der Waals surface area contributed by atoms with E-state index >= 15 is 0 Å². The van der Waals surface area contributed by atoms with Crippen molar-refractivity contribution in [3.05, 3.63) is 107 Å². The Kier molecular flexibility index (Phi) is 6.84. The first kappa shape index (κ1) is 25.8. The van der Waals surface area contributed by atoms with Gasteiger partial charge >= 0.3 is 5.97 Å². The molecule has 1 saturated heterocycles. The number of aromatic carboxylic acids is 1. The van der Waals surface area contributed by atoms with E-state index in [1.807, 2.05) is 36.4 Å². The molecule has 3 aromatic carbocycles. The average molecular weight is 537 g/mol. The smallest absolute Gasteiger partial charge is 0.335 e. The molecule has 6 rings (SSSR count). The summed E-state index contributed by atoms with van der Waals surface area (Å²) in [5.41, 5.74) is 2.90. The molecule has 0 aromatic heterocycles. The minimum absolute atomic E-state index is 0.0527. The van der Waals surface area contributed by atoms with E-state index in [1.165, 1.54) is 35.4 Å². The second kappa shape index (κ2) is 10.6. The molecule has 0 spiro atoms. The topological polar surface area (TPSA) is 123 Å². The van der Waals surface area contributed by atoms with Gasteiger partial charge < -0.3 is 20.6 Å². The van der Waals surface area contributed by atoms with Crippen molar-refractivity contribution in [3.63, 3.8) is 0 Å². The second-order valence-electron chi connectivity index (χ2n) is 11.1. The van der Waals surface area contributed by atoms with Crippen LogP contribution in [0.3, 0.4) is 0 Å². The molecule has 3 aromatic rings. The van der Waals surface area contributed by atoms with E-state index < -0.39 is 17.8 Å². The number of amides is 2. The molecule has 1 heterocycles. The summed E-state index contributed by atoms with van der Waals surface area (Å²) in [6, 6.07) is 26.3. The monoisotopic (exact) mass is 536 g/mol. The van der Waals surface area contributed by atoms with E-state index in [2.05, 4.69) is 34.9 Å². The van der Waals surface area contributed by atoms with Crippen LogP contribution in [-0.2, 0) is 4.79 Å². The first-order chi connectivity index (χ1) is 19.4. The lowest BCUT2D eigenvalue weighted by molar-refractivity contribution is -0.125. The fourth-order valence-electron chi connectivity index (χ4n) is 5.91. The Morgan fingerprint density at radius 2 is 1.20 bits per heavy atom. The highest BCUT2D eigenvalue weighted by Gasteiger charge is 2.47. The predicted molar refractivity (Wildman–Crippen MR) is 150 cm³/mol. The van der Waals surface area contributed by atoms with Gasteiger partial charge in [0, 0.05) is 48.5 Å². The van der Waals surface area contributed by atoms with Crippen molar-refractivity contribution in [2.24, 2.45) is 11.8 Å². The third-order valence-electron chi connectivity index (χ3n) is 8.40. The highest BCUT2D eigenvalue weighted by atomic mass is 16.4. The molecule has 204 valence electrons. The van der Waals surface area contributed by atoms with Gasteiger partial charge in [0.25, 0.3) is 5.91 Å². The molecule has 8 heteroatoms. The zero-order valence-corrected chi connectivity index (χ0v) is 22.0. The molecule has 0 unspecified atom stereocenters. The highest BCUT2D eigenvalue weighted by Crippen LogP contribution is 2.42. The maximum atomic E-state index is 13.6. The lowest BCUT2D eigenvalue weighted by Gasteiger charge is -2.20. The number of benzene rings is 3. The van der Waals surface area contributed by atoms with Crippen molar-refractivity contribution in [2.75, 3.05) is 13.1 Å². The number of hydrogen-bond acceptors (Lipinski definition) is 4. The lowest BCUT2D eigenvalue weighted by atomic mass is 9.93. The van der Waals surface area contributed by atoms with E-state index in [-0.39, 0.29) is 54.3 Å². The molecule has 0 radical (unpaired) electrons. The van der Waals surface area contributed by atoms with Crippen LogP contribution in [-0.4, -0.2) is 58.8 Å². The normalized spacial score (nSPS) is 26.6. The summed E-state index contributed by atoms with van der Waals surface area (Å²) in [7, 11) is 0. The average Bonchev–Trinajstić information content (AvgIpc) is 3.88. The van der Waals surface area contributed by atoms with E-state index in [0.29, 0.717) is 11.5 Å². The molecule has 2 aliphatic carbocycles. The van der Waals surface area contributed by atoms with Gasteiger partial charge in [-0.2, -0.15) is 0 Å². The maximum Gasteiger partial charge on any atom is 0.335 e. The number of hydrogen-bond donors (Lipinski definition) is 4. The number of nitrogens with zero attached hydrogens (tertiary/aromatic N) is 1. The maximum absolute atomic E-state index is 13.6. The summed E-state index contributed by atoms with van der Waals surface area (Å²) < 4.78 is 0. The molecular weight excluding hydrogens is 504 g/mol. The van der Waals surface area contributed by atoms with Crippen molar-refractivity contribution in [2.45, 2.75) is 36.8 Å². The summed E-state index contributed by atoms with van der Waals surface area (Å²) in [4.78, 5) is 39.8. The summed E-state index contributed by atoms with van der Waals surface area (Å²) in [6.07, 6.45) is 1.80. The molecule has 2 saturated carbocycles. The number of carboxylic acid groups (broad SMARTS) is 1. The highest BCUT2D eigenvalue weighted by molar-refractivity contribution is 5.98. The fourth-order valence-corrected chi connectivity index (χ4v) is 5.91. The van der Waals surface area contributed by atoms with Crippen LogP contribution in [0.1, 0.15) is 56.5 Å². The van der Waals surface area contributed by atoms with Gasteiger partial charge in [0.1, 0.15) is 0 Å². The molecule has 3 fully saturated rings. The summed E-state index contributed by atoms with van der Waals surface area (Å²) in [5, 5.41) is 24.6. The molecule has 1 aliphatic heterocycles. The van der Waals surface area contributed by atoms with E-state index in [4.69, 9.17) is 5.41 Å². The Hall–Kier alpha value is -4.46. The Balaban J connectivity index is 1.15. The van der Waals surface area contributed by atoms with Gasteiger partial charge in [-0.3, -0.25) is 15.0 Å². The van der Waals surface area contributed by atoms with Gasteiger partial charge in [0.05, 0.1) is 17.3 Å². The van der Waals surface area contributed by atoms with Crippen LogP contribution in [0.4, 0.5) is 0 Å². The van der Waals surface area contributed by atoms with Crippen LogP contribution in [0.25, 0.3) is 0 Å². The van der Waals surface area contributed by atoms with Crippen LogP contribution >= 0.6 is 0 Å². The Labute approximate surface area is 232 Å². The molecule has 8 nitrogen and oxygen atoms in total. The molecule has 3 aliphatic rings. The molecule has 2 amide bonds. The summed E-state index contributed by atoms with van der Waals surface area (Å²) in [5.74, 6) is -1.56. The summed E-state index contributed by atoms with van der Waals surface area (Å²) >= 11 is 0. The van der Waals surface area contributed by atoms with Crippen LogP contribution in [0.2, 0.25) is 0 Å². The van der Waals surface area contributed by atoms with Gasteiger partial charge in [-0.05, 0) is 48.2 Å². The molecule has 0 bridgehead atoms. The number of carbonyl (C=O) groups excluding carboxylic acids is 2. The second-order valence-corrected chi connectivity index (χ2v) is 11.1. The first-order valence-electron chi connectivity index (χ1n) is 13.8. The standard InChI is InChI=1S/C32H32N4O4/c33-29(34-27-15-23(27)19-7-3-1-4-8-19)25-17-36(31(38)21-11-13-22(14-12-21)32(39)40)18-26(25)30(37)35-28-16-24(28)20-9-5-2-6-10-20/h1-14,23-28H,15-18H2,(H2,33,34)(H,35,37)(H,39,40)/t23-,24-,25-,26-,27+,28+/m1/s1. The molecule has 40 heavy (non-hydrogen) atoms. The van der Waals surface area contributed by atoms with E-state index in [9.17, 15) is 19.5 Å². The molecular formula is C32H32N4O4. The summed E-state index contributed by atoms with van der Waals surface area (Å²) in [6.45, 7) is 0.453. The van der Waals surface area contributed by atoms with Crippen molar-refractivity contribution < 1.29 is 19.5 Å². The Morgan fingerprint density at radius 3 is 1.75 bits per heavy atom. The minimum Gasteiger partial charge on any atom is -0.478 e. The van der Waals surface area contributed by atoms with Gasteiger partial charge in [0.15, 0.2) is 0 Å². The third-order valence-corrected chi connectivity index (χ3v) is 8.40. The SMILES string of the molecule is N=C(N[C@H]1C[C@@H]1c1ccccc1)[C@@H]1CN(C(=O)c2ccc(C(=O)O)cc2)C[C@H]1C(=O)N[C@H]1C[C@@H]1c1ccccc1. The zero-order chi connectivity index (χ0) is 27.8. The molecule has 4 N–H and O–H groups in total. The van der Waals surface area contributed by atoms with Gasteiger partial charge in [0.2, 0.25) is 5.91 Å². The van der Waals surface area contributed by atoms with E-state index in [0.717, 1.165) is 12.8 Å². The van der Waals surface area contributed by atoms with Crippen molar-refractivity contribution >= 4 is 23.6 Å². The predicted octanol–water partition coefficient (Wildman–Crippen LogP) is 3.87. The van der Waals surface area contributed by atoms with Crippen molar-refractivity contribution in [1.29, 1.82) is 5.41 Å². The number of amidine groups is 1. The lowest BCUT2D eigenvalue weighted by Crippen LogP contribution is -2.43. The van der Waals surface area contributed by atoms with Gasteiger partial charge in [-0.25, -0.2) is 4.79 Å². The number of carboxylic acids is 1. The Morgan fingerprint density at radius 1 is 0.700 bits per heavy atom. The van der Waals surface area contributed by atoms with Gasteiger partial charge in [-0.1, -0.05) is 60.7 Å². The van der Waals surface area contributed by atoms with Crippen LogP contribution in [0.5, 0.6) is 0 Å². The van der Waals surface area contributed by atoms with Crippen molar-refractivity contribution in [3.8, 4) is 0 Å². The quantitative estimate of drug-likeness (QED) is 0.257. The first-order valence-corrected chi connectivity index (χ1v) is 13.8. The van der Waals surface area contributed by atoms with Crippen molar-refractivity contribution in [1.82, 2.24) is 15.5 Å². The zero-order valence-electron chi connectivity index (χ0n) is 22.0. The number of likely N-dealkylation sites (tertiary alicyclic amines) is 1. The van der Waals surface area contributed by atoms with Gasteiger partial charge in [-0.15, -0.1) is 0 Å². The van der Waals surface area contributed by atoms with E-state index in [1.54, 1.807) is 4.90 Å². The number of nitrogens with one attached hydrogen (secondary N) is 3. The fraction of sp³-hybridized carbons (Fsp3) is 0.312. The van der Waals surface area contributed by atoms with Crippen LogP contribution in [0.15, 0.2) is 84.9 Å². The largest absolute Gasteiger partial charge is 0.478 e. The Bertz CT molecular complexity index is 1350. The third kappa shape index (κ3) is 5.34. The number of carbonyl (C=O) groups is 3. The van der Waals surface area contributed by atoms with Crippen LogP contribution in [0, 0.1) is 17.2 Å². The van der Waals surface area contributed by atoms with Crippen LogP contribution < -0.4 is 10.6 Å². The molecule has 6 atom stereocenters.